The van der Waals surface area contributed by atoms with Gasteiger partial charge >= 0.3 is 0 Å². The summed E-state index contributed by atoms with van der Waals surface area (Å²) in [6.07, 6.45) is 0. The number of methoxy groups -OCH3 is 1. The Balaban J connectivity index is 1.74. The largest absolute Gasteiger partial charge is 0.380 e. The van der Waals surface area contributed by atoms with Crippen LogP contribution in [0.25, 0.3) is 0 Å². The van der Waals surface area contributed by atoms with Crippen molar-refractivity contribution < 1.29 is 9.47 Å². The quantitative estimate of drug-likeness (QED) is 0.822. The summed E-state index contributed by atoms with van der Waals surface area (Å²) in [4.78, 5) is 2.46. The predicted octanol–water partition coefficient (Wildman–Crippen LogP) is 1.64. The number of ether oxygens (including phenoxy) is 2. The van der Waals surface area contributed by atoms with Gasteiger partial charge in [-0.1, -0.05) is 24.3 Å². The highest BCUT2D eigenvalue weighted by Crippen LogP contribution is 2.07. The maximum Gasteiger partial charge on any atom is 0.0713 e. The van der Waals surface area contributed by atoms with E-state index in [2.05, 4.69) is 41.4 Å². The second kappa shape index (κ2) is 8.37. The molecule has 0 aliphatic carbocycles. The molecule has 1 aliphatic rings. The second-order valence-electron chi connectivity index (χ2n) is 5.45. The number of nitrogens with one attached hydrogen (secondary N) is 1. The predicted molar refractivity (Wildman–Crippen MR) is 80.7 cm³/mol. The topological polar surface area (TPSA) is 33.7 Å². The monoisotopic (exact) mass is 278 g/mol. The number of morpholine rings is 1. The lowest BCUT2D eigenvalue weighted by atomic mass is 10.1. The minimum absolute atomic E-state index is 0.485. The zero-order chi connectivity index (χ0) is 14.2. The van der Waals surface area contributed by atoms with Crippen molar-refractivity contribution in [3.63, 3.8) is 0 Å². The van der Waals surface area contributed by atoms with Gasteiger partial charge in [-0.05, 0) is 18.1 Å². The van der Waals surface area contributed by atoms with E-state index in [1.54, 1.807) is 7.11 Å². The molecule has 1 heterocycles. The van der Waals surface area contributed by atoms with E-state index in [4.69, 9.17) is 9.47 Å². The summed E-state index contributed by atoms with van der Waals surface area (Å²) in [5.41, 5.74) is 2.54. The van der Waals surface area contributed by atoms with Crippen LogP contribution in [0.3, 0.4) is 0 Å². The van der Waals surface area contributed by atoms with Gasteiger partial charge in [0.05, 0.1) is 19.8 Å². The molecular weight excluding hydrogens is 252 g/mol. The summed E-state index contributed by atoms with van der Waals surface area (Å²) in [5, 5.41) is 3.59. The lowest BCUT2D eigenvalue weighted by Crippen LogP contribution is -2.44. The van der Waals surface area contributed by atoms with E-state index >= 15 is 0 Å². The fourth-order valence-electron chi connectivity index (χ4n) is 2.52. The fraction of sp³-hybridized carbons (Fsp3) is 0.625. The van der Waals surface area contributed by atoms with E-state index in [0.29, 0.717) is 12.6 Å². The summed E-state index contributed by atoms with van der Waals surface area (Å²) in [6.45, 7) is 8.75. The number of rotatable bonds is 7. The average molecular weight is 278 g/mol. The Morgan fingerprint density at radius 1 is 1.30 bits per heavy atom. The Morgan fingerprint density at radius 3 is 2.80 bits per heavy atom. The summed E-state index contributed by atoms with van der Waals surface area (Å²) < 4.78 is 10.5. The molecule has 2 rings (SSSR count). The molecule has 0 amide bonds. The lowest BCUT2D eigenvalue weighted by molar-refractivity contribution is 0.0343. The molecule has 0 bridgehead atoms. The zero-order valence-electron chi connectivity index (χ0n) is 12.6. The minimum Gasteiger partial charge on any atom is -0.380 e. The van der Waals surface area contributed by atoms with E-state index in [1.807, 2.05) is 0 Å². The summed E-state index contributed by atoms with van der Waals surface area (Å²) in [5.74, 6) is 0. The third-order valence-corrected chi connectivity index (χ3v) is 3.59. The molecule has 20 heavy (non-hydrogen) atoms. The molecule has 112 valence electrons. The third-order valence-electron chi connectivity index (χ3n) is 3.59. The van der Waals surface area contributed by atoms with Crippen molar-refractivity contribution >= 4 is 0 Å². The average Bonchev–Trinajstić information content (AvgIpc) is 2.47. The standard InChI is InChI=1S/C16H26N2O2/c1-14(12-18-6-8-20-9-7-18)17-11-15-4-3-5-16(10-15)13-19-2/h3-5,10,14,17H,6-9,11-13H2,1-2H3. The van der Waals surface area contributed by atoms with E-state index in [1.165, 1.54) is 11.1 Å². The summed E-state index contributed by atoms with van der Waals surface area (Å²) in [7, 11) is 1.73. The van der Waals surface area contributed by atoms with E-state index < -0.39 is 0 Å². The lowest BCUT2D eigenvalue weighted by Gasteiger charge is -2.29. The van der Waals surface area contributed by atoms with Gasteiger partial charge in [0, 0.05) is 39.3 Å². The number of hydrogen-bond donors (Lipinski definition) is 1. The van der Waals surface area contributed by atoms with Gasteiger partial charge in [-0.15, -0.1) is 0 Å². The first-order chi connectivity index (χ1) is 9.78. The van der Waals surface area contributed by atoms with Crippen LogP contribution in [0.2, 0.25) is 0 Å². The van der Waals surface area contributed by atoms with Crippen molar-refractivity contribution in [1.82, 2.24) is 10.2 Å². The third kappa shape index (κ3) is 5.21. The van der Waals surface area contributed by atoms with Crippen molar-refractivity contribution in [3.8, 4) is 0 Å². The minimum atomic E-state index is 0.485. The molecular formula is C16H26N2O2. The van der Waals surface area contributed by atoms with Crippen LogP contribution in [0.4, 0.5) is 0 Å². The van der Waals surface area contributed by atoms with Gasteiger partial charge in [0.1, 0.15) is 0 Å². The molecule has 1 atom stereocenters. The van der Waals surface area contributed by atoms with Crippen molar-refractivity contribution in [2.45, 2.75) is 26.1 Å². The molecule has 0 saturated carbocycles. The molecule has 4 heteroatoms. The van der Waals surface area contributed by atoms with Crippen LogP contribution in [0, 0.1) is 0 Å². The second-order valence-corrected chi connectivity index (χ2v) is 5.45. The Hall–Kier alpha value is -0.940. The maximum absolute atomic E-state index is 5.37. The first-order valence-corrected chi connectivity index (χ1v) is 7.38. The first kappa shape index (κ1) is 15.4. The Morgan fingerprint density at radius 2 is 2.05 bits per heavy atom. The van der Waals surface area contributed by atoms with Crippen LogP contribution in [-0.2, 0) is 22.6 Å². The molecule has 1 aliphatic heterocycles. The van der Waals surface area contributed by atoms with E-state index in [9.17, 15) is 0 Å². The van der Waals surface area contributed by atoms with Crippen LogP contribution >= 0.6 is 0 Å². The van der Waals surface area contributed by atoms with Gasteiger partial charge in [-0.25, -0.2) is 0 Å². The maximum atomic E-state index is 5.37. The molecule has 1 aromatic rings. The van der Waals surface area contributed by atoms with E-state index in [-0.39, 0.29) is 0 Å². The molecule has 1 fully saturated rings. The Bertz CT molecular complexity index is 392. The highest BCUT2D eigenvalue weighted by Gasteiger charge is 2.13. The molecule has 1 unspecified atom stereocenters. The molecule has 0 spiro atoms. The fourth-order valence-corrected chi connectivity index (χ4v) is 2.52. The van der Waals surface area contributed by atoms with Crippen LogP contribution in [0.5, 0.6) is 0 Å². The summed E-state index contributed by atoms with van der Waals surface area (Å²) >= 11 is 0. The highest BCUT2D eigenvalue weighted by molar-refractivity contribution is 5.22. The molecule has 1 N–H and O–H groups in total. The van der Waals surface area contributed by atoms with Crippen molar-refractivity contribution in [1.29, 1.82) is 0 Å². The molecule has 1 saturated heterocycles. The van der Waals surface area contributed by atoms with Gasteiger partial charge in [-0.2, -0.15) is 0 Å². The van der Waals surface area contributed by atoms with Crippen LogP contribution in [-0.4, -0.2) is 50.9 Å². The summed E-state index contributed by atoms with van der Waals surface area (Å²) in [6, 6.07) is 9.05. The molecule has 4 nitrogen and oxygen atoms in total. The van der Waals surface area contributed by atoms with Gasteiger partial charge in [0.25, 0.3) is 0 Å². The zero-order valence-corrected chi connectivity index (χ0v) is 12.6. The van der Waals surface area contributed by atoms with Crippen LogP contribution in [0.15, 0.2) is 24.3 Å². The van der Waals surface area contributed by atoms with Gasteiger partial charge in [-0.3, -0.25) is 4.90 Å². The number of nitrogens with zero attached hydrogens (tertiary/aromatic N) is 1. The molecule has 1 aromatic carbocycles. The number of hydrogen-bond acceptors (Lipinski definition) is 4. The number of benzene rings is 1. The van der Waals surface area contributed by atoms with Crippen molar-refractivity contribution in [2.24, 2.45) is 0 Å². The Kier molecular flexibility index (Phi) is 6.47. The van der Waals surface area contributed by atoms with Crippen molar-refractivity contribution in [3.05, 3.63) is 35.4 Å². The van der Waals surface area contributed by atoms with Gasteiger partial charge in [0.15, 0.2) is 0 Å². The first-order valence-electron chi connectivity index (χ1n) is 7.38. The smallest absolute Gasteiger partial charge is 0.0713 e. The van der Waals surface area contributed by atoms with Gasteiger partial charge < -0.3 is 14.8 Å². The molecule has 0 aromatic heterocycles. The molecule has 0 radical (unpaired) electrons. The SMILES string of the molecule is COCc1cccc(CNC(C)CN2CCOCC2)c1. The normalized spacial score (nSPS) is 18.1. The van der Waals surface area contributed by atoms with Crippen LogP contribution in [0.1, 0.15) is 18.1 Å². The Labute approximate surface area is 122 Å². The van der Waals surface area contributed by atoms with Crippen molar-refractivity contribution in [2.75, 3.05) is 40.0 Å². The highest BCUT2D eigenvalue weighted by atomic mass is 16.5. The van der Waals surface area contributed by atoms with Crippen LogP contribution < -0.4 is 5.32 Å². The van der Waals surface area contributed by atoms with E-state index in [0.717, 1.165) is 39.4 Å². The van der Waals surface area contributed by atoms with Gasteiger partial charge in [0.2, 0.25) is 0 Å².